The van der Waals surface area contributed by atoms with E-state index >= 15 is 0 Å². The van der Waals surface area contributed by atoms with Crippen molar-refractivity contribution in [3.05, 3.63) is 315 Å². The van der Waals surface area contributed by atoms with Crippen LogP contribution in [0.25, 0.3) is 169 Å². The molecule has 10 nitrogen and oxygen atoms in total. The van der Waals surface area contributed by atoms with Crippen LogP contribution in [0.2, 0.25) is 0 Å². The maximum absolute atomic E-state index is 5.43. The third kappa shape index (κ3) is 10.9. The van der Waals surface area contributed by atoms with E-state index in [2.05, 4.69) is 158 Å². The first kappa shape index (κ1) is 54.7. The Morgan fingerprint density at radius 1 is 0.130 bits per heavy atom. The third-order valence-electron chi connectivity index (χ3n) is 16.4. The molecular weight excluding hydrogens is 1120 g/mol. The number of hydrogen-bond acceptors (Lipinski definition) is 10. The van der Waals surface area contributed by atoms with Crippen molar-refractivity contribution in [2.75, 3.05) is 0 Å². The lowest BCUT2D eigenvalue weighted by Gasteiger charge is -2.15. The molecule has 0 aliphatic heterocycles. The highest BCUT2D eigenvalue weighted by Crippen LogP contribution is 2.40. The van der Waals surface area contributed by atoms with E-state index in [0.717, 1.165) is 122 Å². The summed E-state index contributed by atoms with van der Waals surface area (Å²) in [5, 5.41) is 3.98. The molecule has 0 aliphatic rings. The van der Waals surface area contributed by atoms with Crippen LogP contribution in [0.5, 0.6) is 0 Å². The Labute approximate surface area is 531 Å². The van der Waals surface area contributed by atoms with Gasteiger partial charge in [0.15, 0.2) is 46.6 Å². The number of rotatable bonds is 13. The summed E-state index contributed by atoms with van der Waals surface area (Å²) in [5.41, 5.74) is 16.2. The average Bonchev–Trinajstić information content (AvgIpc) is 3.47. The van der Waals surface area contributed by atoms with Crippen LogP contribution in [0, 0.1) is 0 Å². The zero-order valence-corrected chi connectivity index (χ0v) is 49.5. The predicted molar refractivity (Wildman–Crippen MR) is 370 cm³/mol. The number of hydrogen-bond donors (Lipinski definition) is 0. The van der Waals surface area contributed by atoms with Gasteiger partial charge < -0.3 is 0 Å². The first-order valence-corrected chi connectivity index (χ1v) is 30.5. The lowest BCUT2D eigenvalue weighted by molar-refractivity contribution is 1.08. The van der Waals surface area contributed by atoms with Crippen molar-refractivity contribution in [3.63, 3.8) is 0 Å². The van der Waals surface area contributed by atoms with E-state index in [1.165, 1.54) is 0 Å². The summed E-state index contributed by atoms with van der Waals surface area (Å²) in [7, 11) is 0. The van der Waals surface area contributed by atoms with Gasteiger partial charge in [-0.3, -0.25) is 0 Å². The lowest BCUT2D eigenvalue weighted by atomic mass is 9.95. The van der Waals surface area contributed by atoms with Crippen LogP contribution in [0.4, 0.5) is 0 Å². The van der Waals surface area contributed by atoms with Gasteiger partial charge in [0.2, 0.25) is 0 Å². The average molecular weight is 1180 g/mol. The van der Waals surface area contributed by atoms with Gasteiger partial charge in [-0.05, 0) is 63.0 Å². The fourth-order valence-corrected chi connectivity index (χ4v) is 11.9. The monoisotopic (exact) mass is 1180 g/mol. The number of benzene rings is 12. The second kappa shape index (κ2) is 24.1. The fourth-order valence-electron chi connectivity index (χ4n) is 11.9. The second-order valence-electron chi connectivity index (χ2n) is 22.3. The van der Waals surface area contributed by atoms with Gasteiger partial charge in [0.1, 0.15) is 0 Å². The van der Waals surface area contributed by atoms with Gasteiger partial charge in [0.25, 0.3) is 0 Å². The van der Waals surface area contributed by atoms with Gasteiger partial charge in [-0.15, -0.1) is 0 Å². The topological polar surface area (TPSA) is 129 Å². The highest BCUT2D eigenvalue weighted by molar-refractivity contribution is 6.05. The van der Waals surface area contributed by atoms with E-state index < -0.39 is 0 Å². The Balaban J connectivity index is 0.781. The van der Waals surface area contributed by atoms with Gasteiger partial charge in [0, 0.05) is 66.8 Å². The maximum atomic E-state index is 5.43. The highest BCUT2D eigenvalue weighted by Gasteiger charge is 2.21. The standard InChI is InChI=1S/C82H52N10/c1-7-25-53(26-8-1)71-51-73(67-45-23-44-66-64(67)43-24-46-69(66)81-89-76(55-29-11-3-12-30-55)87-77(90-81)56-31-13-4-14-32-56)86-80(83-71)62-40-22-38-60(50-62)59-37-21-39-61(49-59)72-52-74(85-75(84-72)54-27-9-2-10-28-54)68-47-48-70(65-42-20-19-41-63(65)68)82-91-78(57-33-15-5-16-34-57)88-79(92-82)58-35-17-6-18-36-58/h1-52H. The largest absolute Gasteiger partial charge is 0.228 e. The summed E-state index contributed by atoms with van der Waals surface area (Å²) in [6, 6.07) is 107. The summed E-state index contributed by atoms with van der Waals surface area (Å²) in [6.45, 7) is 0. The number of fused-ring (bicyclic) bond motifs is 2. The molecule has 0 bridgehead atoms. The predicted octanol–water partition coefficient (Wildman–Crippen LogP) is 19.6. The SMILES string of the molecule is c1ccc(-c2cc(-c3cccc4c(-c5nc(-c6ccccc6)nc(-c6ccccc6)n5)cccc34)nc(-c3cccc(-c4cccc(-c5cc(-c6ccc(-c7nc(-c8ccccc8)nc(-c8ccccc8)n7)c7ccccc67)nc(-c6ccccc6)n5)c4)c3)n2)cc1. The van der Waals surface area contributed by atoms with Gasteiger partial charge in [-0.2, -0.15) is 0 Å². The molecule has 0 radical (unpaired) electrons. The van der Waals surface area contributed by atoms with Crippen molar-refractivity contribution >= 4 is 21.5 Å². The third-order valence-corrected chi connectivity index (χ3v) is 16.4. The van der Waals surface area contributed by atoms with Gasteiger partial charge in [0.05, 0.1) is 22.8 Å². The van der Waals surface area contributed by atoms with E-state index in [0.29, 0.717) is 46.6 Å². The minimum Gasteiger partial charge on any atom is -0.228 e. The molecule has 0 atom stereocenters. The minimum absolute atomic E-state index is 0.582. The van der Waals surface area contributed by atoms with Crippen molar-refractivity contribution in [1.29, 1.82) is 0 Å². The zero-order chi connectivity index (χ0) is 61.2. The maximum Gasteiger partial charge on any atom is 0.164 e. The quantitative estimate of drug-likeness (QED) is 0.110. The normalized spacial score (nSPS) is 11.3. The zero-order valence-electron chi connectivity index (χ0n) is 49.5. The molecular formula is C82H52N10. The van der Waals surface area contributed by atoms with Gasteiger partial charge in [-0.25, -0.2) is 49.8 Å². The minimum atomic E-state index is 0.582. The van der Waals surface area contributed by atoms with E-state index in [4.69, 9.17) is 49.8 Å². The first-order chi connectivity index (χ1) is 45.6. The summed E-state index contributed by atoms with van der Waals surface area (Å²) in [4.78, 5) is 51.8. The molecule has 0 fully saturated rings. The van der Waals surface area contributed by atoms with Crippen molar-refractivity contribution in [2.45, 2.75) is 0 Å². The van der Waals surface area contributed by atoms with Crippen LogP contribution >= 0.6 is 0 Å². The van der Waals surface area contributed by atoms with E-state index in [-0.39, 0.29) is 0 Å². The molecule has 0 unspecified atom stereocenters. The van der Waals surface area contributed by atoms with Crippen LogP contribution in [-0.4, -0.2) is 49.8 Å². The second-order valence-corrected chi connectivity index (χ2v) is 22.3. The molecule has 16 aromatic rings. The fraction of sp³-hybridized carbons (Fsp3) is 0. The Morgan fingerprint density at radius 2 is 0.380 bits per heavy atom. The van der Waals surface area contributed by atoms with Crippen LogP contribution in [0.1, 0.15) is 0 Å². The Morgan fingerprint density at radius 3 is 0.826 bits per heavy atom. The van der Waals surface area contributed by atoms with Crippen LogP contribution in [0.3, 0.4) is 0 Å². The van der Waals surface area contributed by atoms with Crippen molar-refractivity contribution < 1.29 is 0 Å². The molecule has 0 amide bonds. The molecule has 16 rings (SSSR count). The Bertz CT molecular complexity index is 4980. The Kier molecular flexibility index (Phi) is 14.4. The molecule has 0 spiro atoms. The van der Waals surface area contributed by atoms with Gasteiger partial charge >= 0.3 is 0 Å². The van der Waals surface area contributed by atoms with E-state index in [9.17, 15) is 0 Å². The molecule has 92 heavy (non-hydrogen) atoms. The molecule has 0 N–H and O–H groups in total. The smallest absolute Gasteiger partial charge is 0.164 e. The summed E-state index contributed by atoms with van der Waals surface area (Å²) >= 11 is 0. The van der Waals surface area contributed by atoms with Crippen molar-refractivity contribution in [2.24, 2.45) is 0 Å². The number of nitrogens with zero attached hydrogens (tertiary/aromatic N) is 10. The van der Waals surface area contributed by atoms with Crippen molar-refractivity contribution in [1.82, 2.24) is 49.8 Å². The molecule has 0 saturated heterocycles. The molecule has 4 aromatic heterocycles. The van der Waals surface area contributed by atoms with E-state index in [1.807, 2.05) is 158 Å². The summed E-state index contributed by atoms with van der Waals surface area (Å²) in [5.74, 6) is 4.79. The molecule has 430 valence electrons. The van der Waals surface area contributed by atoms with Crippen LogP contribution in [0.15, 0.2) is 315 Å². The van der Waals surface area contributed by atoms with Gasteiger partial charge in [-0.1, -0.05) is 285 Å². The van der Waals surface area contributed by atoms with E-state index in [1.54, 1.807) is 0 Å². The molecule has 0 aliphatic carbocycles. The molecule has 10 heteroatoms. The lowest BCUT2D eigenvalue weighted by Crippen LogP contribution is -2.01. The molecule has 12 aromatic carbocycles. The van der Waals surface area contributed by atoms with Crippen LogP contribution < -0.4 is 0 Å². The van der Waals surface area contributed by atoms with Crippen molar-refractivity contribution in [3.8, 4) is 147 Å². The Hall–Kier alpha value is -12.7. The highest BCUT2D eigenvalue weighted by atomic mass is 15.0. The summed E-state index contributed by atoms with van der Waals surface area (Å²) < 4.78 is 0. The summed E-state index contributed by atoms with van der Waals surface area (Å²) in [6.07, 6.45) is 0. The van der Waals surface area contributed by atoms with Crippen LogP contribution in [-0.2, 0) is 0 Å². The molecule has 4 heterocycles. The number of aromatic nitrogens is 10. The molecule has 0 saturated carbocycles. The first-order valence-electron chi connectivity index (χ1n) is 30.5.